The molecule has 0 saturated heterocycles. The molecule has 0 aliphatic rings. The number of hydrogen-bond acceptors (Lipinski definition) is 4. The van der Waals surface area contributed by atoms with Crippen LogP contribution in [0.2, 0.25) is 0 Å². The van der Waals surface area contributed by atoms with Crippen LogP contribution in [0.15, 0.2) is 0 Å². The lowest BCUT2D eigenvalue weighted by molar-refractivity contribution is -0.141. The number of amides is 1. The van der Waals surface area contributed by atoms with E-state index in [2.05, 4.69) is 5.32 Å². The van der Waals surface area contributed by atoms with Gasteiger partial charge in [-0.2, -0.15) is 0 Å². The number of hydrogen-bond donors (Lipinski definition) is 4. The van der Waals surface area contributed by atoms with E-state index in [1.807, 2.05) is 0 Å². The molecule has 0 aliphatic heterocycles. The van der Waals surface area contributed by atoms with Crippen molar-refractivity contribution in [2.75, 3.05) is 13.2 Å². The van der Waals surface area contributed by atoms with Crippen molar-refractivity contribution >= 4 is 11.9 Å². The molecule has 0 aromatic carbocycles. The lowest BCUT2D eigenvalue weighted by Crippen LogP contribution is -2.40. The second-order valence-electron chi connectivity index (χ2n) is 3.65. The summed E-state index contributed by atoms with van der Waals surface area (Å²) in [6, 6.07) is -0.893. The van der Waals surface area contributed by atoms with E-state index in [9.17, 15) is 9.59 Å². The van der Waals surface area contributed by atoms with Crippen molar-refractivity contribution in [2.24, 2.45) is 5.73 Å². The second kappa shape index (κ2) is 9.11. The van der Waals surface area contributed by atoms with E-state index in [0.29, 0.717) is 6.54 Å². The molecule has 0 spiro atoms. The van der Waals surface area contributed by atoms with Crippen LogP contribution in [0.4, 0.5) is 0 Å². The number of rotatable bonds is 10. The van der Waals surface area contributed by atoms with Gasteiger partial charge in [-0.25, -0.2) is 0 Å². The first kappa shape index (κ1) is 14.9. The van der Waals surface area contributed by atoms with E-state index in [1.165, 1.54) is 0 Å². The normalized spacial score (nSPS) is 12.3. The SMILES string of the molecule is NC(=O)C[C@H](NCCCCCCO)C(=O)O. The van der Waals surface area contributed by atoms with Crippen molar-refractivity contribution in [3.63, 3.8) is 0 Å². The predicted molar refractivity (Wildman–Crippen MR) is 58.8 cm³/mol. The maximum Gasteiger partial charge on any atom is 0.321 e. The molecule has 0 heterocycles. The van der Waals surface area contributed by atoms with Gasteiger partial charge in [0.15, 0.2) is 0 Å². The van der Waals surface area contributed by atoms with Gasteiger partial charge in [-0.3, -0.25) is 9.59 Å². The molecule has 94 valence electrons. The van der Waals surface area contributed by atoms with Crippen LogP contribution in [-0.2, 0) is 9.59 Å². The molecule has 0 unspecified atom stereocenters. The van der Waals surface area contributed by atoms with Gasteiger partial charge >= 0.3 is 5.97 Å². The molecular weight excluding hydrogens is 212 g/mol. The Balaban J connectivity index is 3.60. The average molecular weight is 232 g/mol. The number of aliphatic hydroxyl groups excluding tert-OH is 1. The molecule has 0 fully saturated rings. The number of nitrogens with one attached hydrogen (secondary N) is 1. The smallest absolute Gasteiger partial charge is 0.321 e. The van der Waals surface area contributed by atoms with Crippen molar-refractivity contribution in [3.05, 3.63) is 0 Å². The van der Waals surface area contributed by atoms with Crippen LogP contribution in [0, 0.1) is 0 Å². The van der Waals surface area contributed by atoms with Crippen LogP contribution < -0.4 is 11.1 Å². The molecule has 0 aromatic heterocycles. The number of carbonyl (C=O) groups excluding carboxylic acids is 1. The second-order valence-corrected chi connectivity index (χ2v) is 3.65. The first-order valence-electron chi connectivity index (χ1n) is 5.43. The molecule has 0 radical (unpaired) electrons. The molecule has 0 bridgehead atoms. The van der Waals surface area contributed by atoms with Gasteiger partial charge in [0.05, 0.1) is 6.42 Å². The minimum Gasteiger partial charge on any atom is -0.480 e. The fourth-order valence-electron chi connectivity index (χ4n) is 1.31. The van der Waals surface area contributed by atoms with Crippen molar-refractivity contribution in [1.82, 2.24) is 5.32 Å². The summed E-state index contributed by atoms with van der Waals surface area (Å²) in [5, 5.41) is 20.1. The van der Waals surface area contributed by atoms with Crippen LogP contribution in [0.5, 0.6) is 0 Å². The Labute approximate surface area is 94.8 Å². The molecule has 0 rings (SSSR count). The molecular formula is C10H20N2O4. The van der Waals surface area contributed by atoms with Crippen LogP contribution >= 0.6 is 0 Å². The molecule has 16 heavy (non-hydrogen) atoms. The third-order valence-corrected chi connectivity index (χ3v) is 2.18. The summed E-state index contributed by atoms with van der Waals surface area (Å²) in [6.45, 7) is 0.725. The number of aliphatic hydroxyl groups is 1. The zero-order chi connectivity index (χ0) is 12.4. The van der Waals surface area contributed by atoms with Crippen molar-refractivity contribution in [1.29, 1.82) is 0 Å². The van der Waals surface area contributed by atoms with E-state index in [0.717, 1.165) is 25.7 Å². The zero-order valence-corrected chi connectivity index (χ0v) is 9.32. The summed E-state index contributed by atoms with van der Waals surface area (Å²) >= 11 is 0. The first-order valence-corrected chi connectivity index (χ1v) is 5.43. The number of carbonyl (C=O) groups is 2. The Bertz CT molecular complexity index is 221. The molecule has 6 nitrogen and oxygen atoms in total. The van der Waals surface area contributed by atoms with Gasteiger partial charge in [0.25, 0.3) is 0 Å². The molecule has 0 saturated carbocycles. The van der Waals surface area contributed by atoms with Crippen LogP contribution in [0.3, 0.4) is 0 Å². The summed E-state index contributed by atoms with van der Waals surface area (Å²) in [6.07, 6.45) is 3.25. The lowest BCUT2D eigenvalue weighted by atomic mass is 10.1. The van der Waals surface area contributed by atoms with Gasteiger partial charge in [0, 0.05) is 6.61 Å². The minimum absolute atomic E-state index is 0.187. The third-order valence-electron chi connectivity index (χ3n) is 2.18. The van der Waals surface area contributed by atoms with E-state index in [1.54, 1.807) is 0 Å². The number of nitrogens with two attached hydrogens (primary N) is 1. The summed E-state index contributed by atoms with van der Waals surface area (Å²) in [4.78, 5) is 21.3. The van der Waals surface area contributed by atoms with Gasteiger partial charge in [-0.1, -0.05) is 12.8 Å². The largest absolute Gasteiger partial charge is 0.480 e. The number of aliphatic carboxylic acids is 1. The fraction of sp³-hybridized carbons (Fsp3) is 0.800. The van der Waals surface area contributed by atoms with Gasteiger partial charge in [-0.15, -0.1) is 0 Å². The van der Waals surface area contributed by atoms with E-state index < -0.39 is 17.9 Å². The van der Waals surface area contributed by atoms with Gasteiger partial charge in [0.2, 0.25) is 5.91 Å². The monoisotopic (exact) mass is 232 g/mol. The van der Waals surface area contributed by atoms with Gasteiger partial charge in [0.1, 0.15) is 6.04 Å². The van der Waals surface area contributed by atoms with Crippen LogP contribution in [0.1, 0.15) is 32.1 Å². The highest BCUT2D eigenvalue weighted by atomic mass is 16.4. The highest BCUT2D eigenvalue weighted by molar-refractivity contribution is 5.83. The number of primary amides is 1. The fourth-order valence-corrected chi connectivity index (χ4v) is 1.31. The van der Waals surface area contributed by atoms with Crippen LogP contribution in [-0.4, -0.2) is 41.3 Å². The van der Waals surface area contributed by atoms with Crippen molar-refractivity contribution in [2.45, 2.75) is 38.1 Å². The highest BCUT2D eigenvalue weighted by Gasteiger charge is 2.18. The molecule has 0 aliphatic carbocycles. The highest BCUT2D eigenvalue weighted by Crippen LogP contribution is 1.99. The Morgan fingerprint density at radius 2 is 1.81 bits per heavy atom. The lowest BCUT2D eigenvalue weighted by Gasteiger charge is -2.12. The van der Waals surface area contributed by atoms with Crippen molar-refractivity contribution < 1.29 is 19.8 Å². The molecule has 5 N–H and O–H groups in total. The van der Waals surface area contributed by atoms with E-state index in [-0.39, 0.29) is 13.0 Å². The topological polar surface area (TPSA) is 113 Å². The minimum atomic E-state index is -1.06. The quantitative estimate of drug-likeness (QED) is 0.378. The van der Waals surface area contributed by atoms with Gasteiger partial charge < -0.3 is 21.3 Å². The zero-order valence-electron chi connectivity index (χ0n) is 9.32. The van der Waals surface area contributed by atoms with E-state index >= 15 is 0 Å². The molecule has 0 aromatic rings. The van der Waals surface area contributed by atoms with E-state index in [4.69, 9.17) is 15.9 Å². The Morgan fingerprint density at radius 3 is 2.31 bits per heavy atom. The molecule has 6 heteroatoms. The van der Waals surface area contributed by atoms with Crippen LogP contribution in [0.25, 0.3) is 0 Å². The third kappa shape index (κ3) is 8.19. The summed E-state index contributed by atoms with van der Waals surface area (Å²) in [7, 11) is 0. The maximum atomic E-state index is 10.7. The standard InChI is InChI=1S/C10H20N2O4/c11-9(14)7-8(10(15)16)12-5-3-1-2-4-6-13/h8,12-13H,1-7H2,(H2,11,14)(H,15,16)/t8-/m0/s1. The Kier molecular flexibility index (Phi) is 8.46. The maximum absolute atomic E-state index is 10.7. The summed E-state index contributed by atoms with van der Waals surface area (Å²) < 4.78 is 0. The Morgan fingerprint density at radius 1 is 1.19 bits per heavy atom. The summed E-state index contributed by atoms with van der Waals surface area (Å²) in [5.41, 5.74) is 4.93. The Hall–Kier alpha value is -1.14. The number of carboxylic acid groups (broad SMARTS) is 1. The first-order chi connectivity index (χ1) is 7.57. The number of carboxylic acids is 1. The van der Waals surface area contributed by atoms with Gasteiger partial charge in [-0.05, 0) is 19.4 Å². The number of unbranched alkanes of at least 4 members (excludes halogenated alkanes) is 3. The van der Waals surface area contributed by atoms with Crippen molar-refractivity contribution in [3.8, 4) is 0 Å². The molecule has 1 amide bonds. The average Bonchev–Trinajstić information content (AvgIpc) is 2.20. The summed E-state index contributed by atoms with van der Waals surface area (Å²) in [5.74, 6) is -1.69. The molecule has 1 atom stereocenters. The predicted octanol–water partition coefficient (Wildman–Crippen LogP) is -0.543.